The lowest BCUT2D eigenvalue weighted by Gasteiger charge is -2.28. The number of benzene rings is 1. The number of rotatable bonds is 5. The molecule has 0 aliphatic rings. The maximum atomic E-state index is 13.8. The molecular formula is C13H17F2NO3S. The van der Waals surface area contributed by atoms with Crippen LogP contribution in [0, 0.1) is 5.82 Å². The van der Waals surface area contributed by atoms with Gasteiger partial charge in [0.15, 0.2) is 0 Å². The summed E-state index contributed by atoms with van der Waals surface area (Å²) in [4.78, 5) is 10.8. The summed E-state index contributed by atoms with van der Waals surface area (Å²) in [6.07, 6.45) is -2.33. The number of hydrogen-bond acceptors (Lipinski definition) is 3. The van der Waals surface area contributed by atoms with Crippen LogP contribution in [0.5, 0.6) is 0 Å². The molecule has 0 radical (unpaired) electrons. The molecule has 1 aromatic carbocycles. The molecule has 0 aliphatic carbocycles. The van der Waals surface area contributed by atoms with E-state index < -0.39 is 40.1 Å². The first-order chi connectivity index (χ1) is 9.12. The van der Waals surface area contributed by atoms with Crippen LogP contribution in [-0.2, 0) is 16.2 Å². The van der Waals surface area contributed by atoms with Gasteiger partial charge < -0.3 is 9.66 Å². The molecule has 0 heterocycles. The Morgan fingerprint density at radius 2 is 2.05 bits per heavy atom. The number of carbonyl (C=O) groups is 1. The second kappa shape index (κ2) is 6.51. The molecule has 1 aromatic rings. The normalized spacial score (nSPS) is 16.5. The number of carboxylic acids is 1. The Bertz CT molecular complexity index is 479. The van der Waals surface area contributed by atoms with Crippen LogP contribution >= 0.6 is 0 Å². The predicted octanol–water partition coefficient (Wildman–Crippen LogP) is 2.34. The highest BCUT2D eigenvalue weighted by atomic mass is 32.2. The van der Waals surface area contributed by atoms with E-state index in [0.717, 1.165) is 12.1 Å². The molecule has 112 valence electrons. The van der Waals surface area contributed by atoms with E-state index in [-0.39, 0.29) is 5.56 Å². The molecule has 0 amide bonds. The van der Waals surface area contributed by atoms with Gasteiger partial charge in [-0.2, -0.15) is 0 Å². The number of halogens is 2. The third-order valence-electron chi connectivity index (χ3n) is 2.53. The average molecular weight is 305 g/mol. The summed E-state index contributed by atoms with van der Waals surface area (Å²) in [6, 6.07) is 3.52. The summed E-state index contributed by atoms with van der Waals surface area (Å²) in [7, 11) is 0. The Kier molecular flexibility index (Phi) is 5.50. The SMILES string of the molecule is CC(C)(C)[S@+]([O-])NC(c1cccc(F)c1)[C@H](F)C(=O)O. The Labute approximate surface area is 119 Å². The van der Waals surface area contributed by atoms with Gasteiger partial charge in [-0.1, -0.05) is 12.1 Å². The summed E-state index contributed by atoms with van der Waals surface area (Å²) in [6.45, 7) is 4.98. The molecule has 7 heteroatoms. The van der Waals surface area contributed by atoms with Crippen molar-refractivity contribution >= 4 is 17.3 Å². The molecule has 0 aliphatic heterocycles. The van der Waals surface area contributed by atoms with E-state index >= 15 is 0 Å². The van der Waals surface area contributed by atoms with E-state index in [4.69, 9.17) is 5.11 Å². The maximum absolute atomic E-state index is 13.8. The van der Waals surface area contributed by atoms with Gasteiger partial charge in [0.1, 0.15) is 16.6 Å². The second-order valence-electron chi connectivity index (χ2n) is 5.27. The Morgan fingerprint density at radius 3 is 2.50 bits per heavy atom. The first-order valence-corrected chi connectivity index (χ1v) is 7.08. The lowest BCUT2D eigenvalue weighted by molar-refractivity contribution is -0.143. The fraction of sp³-hybridized carbons (Fsp3) is 0.462. The molecule has 3 atom stereocenters. The van der Waals surface area contributed by atoms with Gasteiger partial charge >= 0.3 is 5.97 Å². The fourth-order valence-corrected chi connectivity index (χ4v) is 2.27. The summed E-state index contributed by atoms with van der Waals surface area (Å²) >= 11 is -1.69. The van der Waals surface area contributed by atoms with Gasteiger partial charge in [0.25, 0.3) is 0 Å². The van der Waals surface area contributed by atoms with Crippen molar-refractivity contribution in [2.45, 2.75) is 37.7 Å². The minimum absolute atomic E-state index is 0.0949. The number of carboxylic acid groups (broad SMARTS) is 1. The minimum atomic E-state index is -2.33. The summed E-state index contributed by atoms with van der Waals surface area (Å²) in [5, 5.41) is 8.79. The number of nitrogens with one attached hydrogen (secondary N) is 1. The second-order valence-corrected chi connectivity index (χ2v) is 7.27. The molecule has 0 saturated heterocycles. The van der Waals surface area contributed by atoms with Crippen molar-refractivity contribution in [3.05, 3.63) is 35.6 Å². The number of aliphatic carboxylic acids is 1. The van der Waals surface area contributed by atoms with Crippen LogP contribution in [0.15, 0.2) is 24.3 Å². The molecule has 1 unspecified atom stereocenters. The van der Waals surface area contributed by atoms with Crippen molar-refractivity contribution in [3.8, 4) is 0 Å². The zero-order valence-corrected chi connectivity index (χ0v) is 12.2. The van der Waals surface area contributed by atoms with Crippen LogP contribution < -0.4 is 4.72 Å². The Hall–Kier alpha value is -1.18. The lowest BCUT2D eigenvalue weighted by atomic mass is 10.0. The molecule has 0 aromatic heterocycles. The van der Waals surface area contributed by atoms with Crippen LogP contribution in [0.4, 0.5) is 8.78 Å². The minimum Gasteiger partial charge on any atom is -0.598 e. The largest absolute Gasteiger partial charge is 0.598 e. The molecule has 20 heavy (non-hydrogen) atoms. The number of hydrogen-bond donors (Lipinski definition) is 2. The molecule has 2 N–H and O–H groups in total. The zero-order valence-electron chi connectivity index (χ0n) is 11.4. The highest BCUT2D eigenvalue weighted by molar-refractivity contribution is 7.90. The third kappa shape index (κ3) is 4.43. The first kappa shape index (κ1) is 16.9. The summed E-state index contributed by atoms with van der Waals surface area (Å²) < 4.78 is 40.8. The van der Waals surface area contributed by atoms with Crippen molar-refractivity contribution in [2.24, 2.45) is 0 Å². The van der Waals surface area contributed by atoms with Gasteiger partial charge in [-0.3, -0.25) is 0 Å². The van der Waals surface area contributed by atoms with E-state index in [1.54, 1.807) is 20.8 Å². The van der Waals surface area contributed by atoms with Gasteiger partial charge in [-0.15, -0.1) is 4.72 Å². The summed E-state index contributed by atoms with van der Waals surface area (Å²) in [5.41, 5.74) is 0.0949. The number of alkyl halides is 1. The maximum Gasteiger partial charge on any atom is 0.340 e. The molecule has 0 saturated carbocycles. The van der Waals surface area contributed by atoms with Crippen LogP contribution in [-0.4, -0.2) is 26.5 Å². The molecule has 1 rings (SSSR count). The highest BCUT2D eigenvalue weighted by Crippen LogP contribution is 2.25. The third-order valence-corrected chi connectivity index (χ3v) is 4.11. The van der Waals surface area contributed by atoms with E-state index in [1.807, 2.05) is 0 Å². The van der Waals surface area contributed by atoms with Crippen molar-refractivity contribution < 1.29 is 23.2 Å². The molecule has 0 fully saturated rings. The molecule has 4 nitrogen and oxygen atoms in total. The van der Waals surface area contributed by atoms with Crippen LogP contribution in [0.1, 0.15) is 32.4 Å². The molecule has 0 bridgehead atoms. The summed E-state index contributed by atoms with van der Waals surface area (Å²) in [5.74, 6) is -2.31. The highest BCUT2D eigenvalue weighted by Gasteiger charge is 2.37. The average Bonchev–Trinajstić information content (AvgIpc) is 2.33. The van der Waals surface area contributed by atoms with Crippen LogP contribution in [0.25, 0.3) is 0 Å². The molecule has 0 spiro atoms. The topological polar surface area (TPSA) is 72.4 Å². The first-order valence-electron chi connectivity index (χ1n) is 5.93. The van der Waals surface area contributed by atoms with Gasteiger partial charge in [-0.05, 0) is 38.5 Å². The van der Waals surface area contributed by atoms with Gasteiger partial charge in [0, 0.05) is 11.4 Å². The Morgan fingerprint density at radius 1 is 1.45 bits per heavy atom. The standard InChI is InChI=1S/C13H17F2NO3S/c1-13(2,3)20(19)16-11(10(15)12(17)18)8-5-4-6-9(14)7-8/h4-7,10-11,16H,1-3H3,(H,17,18)/t10-,11?,20-/m0/s1. The zero-order chi connectivity index (χ0) is 15.5. The van der Waals surface area contributed by atoms with E-state index in [0.29, 0.717) is 0 Å². The van der Waals surface area contributed by atoms with E-state index in [9.17, 15) is 18.1 Å². The monoisotopic (exact) mass is 305 g/mol. The van der Waals surface area contributed by atoms with E-state index in [2.05, 4.69) is 4.72 Å². The van der Waals surface area contributed by atoms with Crippen molar-refractivity contribution in [3.63, 3.8) is 0 Å². The van der Waals surface area contributed by atoms with E-state index in [1.165, 1.54) is 12.1 Å². The smallest absolute Gasteiger partial charge is 0.340 e. The molecular weight excluding hydrogens is 288 g/mol. The van der Waals surface area contributed by atoms with Gasteiger partial charge in [-0.25, -0.2) is 13.6 Å². The van der Waals surface area contributed by atoms with Crippen molar-refractivity contribution in [1.29, 1.82) is 0 Å². The fourth-order valence-electron chi connectivity index (χ4n) is 1.43. The van der Waals surface area contributed by atoms with Crippen LogP contribution in [0.3, 0.4) is 0 Å². The predicted molar refractivity (Wildman–Crippen MR) is 72.7 cm³/mol. The van der Waals surface area contributed by atoms with Gasteiger partial charge in [0.05, 0.1) is 0 Å². The lowest BCUT2D eigenvalue weighted by Crippen LogP contribution is -2.45. The van der Waals surface area contributed by atoms with Crippen molar-refractivity contribution in [1.82, 2.24) is 4.72 Å². The van der Waals surface area contributed by atoms with Crippen LogP contribution in [0.2, 0.25) is 0 Å². The Balaban J connectivity index is 3.06. The quantitative estimate of drug-likeness (QED) is 0.819. The van der Waals surface area contributed by atoms with Crippen molar-refractivity contribution in [2.75, 3.05) is 0 Å². The van der Waals surface area contributed by atoms with Gasteiger partial charge in [0.2, 0.25) is 6.17 Å².